The Bertz CT molecular complexity index is 1040. The highest BCUT2D eigenvalue weighted by Gasteiger charge is 2.32. The summed E-state index contributed by atoms with van der Waals surface area (Å²) in [6.45, 7) is 5.68. The molecule has 1 aliphatic heterocycles. The third-order valence-corrected chi connectivity index (χ3v) is 5.30. The van der Waals surface area contributed by atoms with Crippen LogP contribution in [-0.2, 0) is 4.79 Å². The van der Waals surface area contributed by atoms with Crippen LogP contribution < -0.4 is 30.2 Å². The first-order valence-electron chi connectivity index (χ1n) is 9.75. The highest BCUT2D eigenvalue weighted by atomic mass is 16.5. The number of amides is 3. The number of urea groups is 1. The molecule has 0 radical (unpaired) electrons. The van der Waals surface area contributed by atoms with Crippen LogP contribution in [0.5, 0.6) is 17.2 Å². The van der Waals surface area contributed by atoms with Crippen molar-refractivity contribution in [2.45, 2.75) is 26.8 Å². The van der Waals surface area contributed by atoms with E-state index in [1.807, 2.05) is 32.0 Å². The summed E-state index contributed by atoms with van der Waals surface area (Å²) >= 11 is 0. The maximum Gasteiger partial charge on any atom is 0.319 e. The van der Waals surface area contributed by atoms with Crippen LogP contribution in [0.15, 0.2) is 41.6 Å². The number of anilines is 1. The van der Waals surface area contributed by atoms with Gasteiger partial charge in [0, 0.05) is 11.4 Å². The fraction of sp³-hybridized carbons (Fsp3) is 0.304. The van der Waals surface area contributed by atoms with Gasteiger partial charge >= 0.3 is 6.03 Å². The van der Waals surface area contributed by atoms with Gasteiger partial charge in [-0.1, -0.05) is 6.07 Å². The predicted molar refractivity (Wildman–Crippen MR) is 118 cm³/mol. The molecule has 1 aliphatic rings. The first kappa shape index (κ1) is 22.0. The van der Waals surface area contributed by atoms with Crippen LogP contribution >= 0.6 is 0 Å². The normalized spacial score (nSPS) is 15.7. The molecule has 2 aromatic carbocycles. The third kappa shape index (κ3) is 4.42. The second kappa shape index (κ2) is 8.99. The summed E-state index contributed by atoms with van der Waals surface area (Å²) in [4.78, 5) is 25.5. The minimum absolute atomic E-state index is 0.327. The lowest BCUT2D eigenvalue weighted by molar-refractivity contribution is -0.113. The van der Waals surface area contributed by atoms with Gasteiger partial charge in [-0.05, 0) is 61.7 Å². The van der Waals surface area contributed by atoms with E-state index in [0.717, 1.165) is 11.1 Å². The van der Waals surface area contributed by atoms with Crippen molar-refractivity contribution < 1.29 is 23.8 Å². The number of hydrogen-bond donors (Lipinski definition) is 3. The molecule has 0 aliphatic carbocycles. The van der Waals surface area contributed by atoms with Crippen LogP contribution in [-0.4, -0.2) is 33.3 Å². The van der Waals surface area contributed by atoms with Crippen molar-refractivity contribution in [3.8, 4) is 17.2 Å². The van der Waals surface area contributed by atoms with E-state index < -0.39 is 12.1 Å². The summed E-state index contributed by atoms with van der Waals surface area (Å²) < 4.78 is 16.2. The average molecular weight is 425 g/mol. The van der Waals surface area contributed by atoms with E-state index in [0.29, 0.717) is 39.8 Å². The van der Waals surface area contributed by atoms with Gasteiger partial charge < -0.3 is 30.2 Å². The molecule has 1 atom stereocenters. The first-order chi connectivity index (χ1) is 14.8. The quantitative estimate of drug-likeness (QED) is 0.657. The summed E-state index contributed by atoms with van der Waals surface area (Å²) in [7, 11) is 4.53. The van der Waals surface area contributed by atoms with Gasteiger partial charge in [-0.2, -0.15) is 0 Å². The Labute approximate surface area is 181 Å². The molecule has 0 bridgehead atoms. The number of allylic oxidation sites excluding steroid dienone is 1. The van der Waals surface area contributed by atoms with Crippen molar-refractivity contribution in [1.82, 2.24) is 10.6 Å². The van der Waals surface area contributed by atoms with Crippen molar-refractivity contribution in [3.63, 3.8) is 0 Å². The molecule has 8 nitrogen and oxygen atoms in total. The Morgan fingerprint density at radius 2 is 1.58 bits per heavy atom. The van der Waals surface area contributed by atoms with Crippen LogP contribution in [0.3, 0.4) is 0 Å². The van der Waals surface area contributed by atoms with Gasteiger partial charge in [0.2, 0.25) is 5.75 Å². The van der Waals surface area contributed by atoms with Crippen molar-refractivity contribution in [2.24, 2.45) is 0 Å². The Balaban J connectivity index is 2.04. The molecule has 3 rings (SSSR count). The molecule has 3 N–H and O–H groups in total. The molecule has 3 amide bonds. The SMILES string of the molecule is COc1cc([C@@H]2NC(=O)NC(C)=C2C(=O)Nc2ccc(C)c(C)c2)cc(OC)c1OC. The zero-order chi connectivity index (χ0) is 22.7. The third-order valence-electron chi connectivity index (χ3n) is 5.30. The molecule has 8 heteroatoms. The second-order valence-electron chi connectivity index (χ2n) is 7.28. The minimum atomic E-state index is -0.714. The number of methoxy groups -OCH3 is 3. The number of carbonyl (C=O) groups excluding carboxylic acids is 2. The summed E-state index contributed by atoms with van der Waals surface area (Å²) in [5.41, 5.74) is 4.34. The smallest absolute Gasteiger partial charge is 0.319 e. The zero-order valence-corrected chi connectivity index (χ0v) is 18.5. The van der Waals surface area contributed by atoms with Gasteiger partial charge in [0.05, 0.1) is 32.9 Å². The van der Waals surface area contributed by atoms with Crippen LogP contribution in [0.2, 0.25) is 0 Å². The summed E-state index contributed by atoms with van der Waals surface area (Å²) in [5, 5.41) is 8.43. The number of rotatable bonds is 6. The largest absolute Gasteiger partial charge is 0.493 e. The van der Waals surface area contributed by atoms with E-state index in [2.05, 4.69) is 16.0 Å². The van der Waals surface area contributed by atoms with Gasteiger partial charge in [0.25, 0.3) is 5.91 Å². The van der Waals surface area contributed by atoms with E-state index in [-0.39, 0.29) is 5.91 Å². The Morgan fingerprint density at radius 1 is 0.935 bits per heavy atom. The van der Waals surface area contributed by atoms with Crippen LogP contribution in [0.4, 0.5) is 10.5 Å². The molecule has 2 aromatic rings. The molecule has 0 unspecified atom stereocenters. The maximum atomic E-state index is 13.2. The fourth-order valence-corrected chi connectivity index (χ4v) is 3.53. The van der Waals surface area contributed by atoms with Crippen LogP contribution in [0, 0.1) is 13.8 Å². The van der Waals surface area contributed by atoms with E-state index in [9.17, 15) is 9.59 Å². The summed E-state index contributed by atoms with van der Waals surface area (Å²) in [6.07, 6.45) is 0. The van der Waals surface area contributed by atoms with Gasteiger partial charge in [-0.3, -0.25) is 4.79 Å². The number of nitrogens with one attached hydrogen (secondary N) is 3. The second-order valence-corrected chi connectivity index (χ2v) is 7.28. The lowest BCUT2D eigenvalue weighted by atomic mass is 9.94. The van der Waals surface area contributed by atoms with E-state index in [4.69, 9.17) is 14.2 Å². The molecule has 31 heavy (non-hydrogen) atoms. The standard InChI is InChI=1S/C23H27N3O5/c1-12-7-8-16(9-13(12)2)25-22(27)19-14(3)24-23(28)26-20(19)15-10-17(29-4)21(31-6)18(11-15)30-5/h7-11,20H,1-6H3,(H,25,27)(H2,24,26,28)/t20-/m0/s1. The molecule has 0 aromatic heterocycles. The molecular formula is C23H27N3O5. The minimum Gasteiger partial charge on any atom is -0.493 e. The topological polar surface area (TPSA) is 97.9 Å². The van der Waals surface area contributed by atoms with Crippen molar-refractivity contribution in [3.05, 3.63) is 58.3 Å². The van der Waals surface area contributed by atoms with Crippen molar-refractivity contribution >= 4 is 17.6 Å². The summed E-state index contributed by atoms with van der Waals surface area (Å²) in [6, 6.07) is 8.02. The van der Waals surface area contributed by atoms with Gasteiger partial charge in [0.15, 0.2) is 11.5 Å². The molecule has 0 fully saturated rings. The van der Waals surface area contributed by atoms with E-state index in [1.54, 1.807) is 19.1 Å². The lowest BCUT2D eigenvalue weighted by Crippen LogP contribution is -2.46. The fourth-order valence-electron chi connectivity index (χ4n) is 3.53. The van der Waals surface area contributed by atoms with Gasteiger partial charge in [0.1, 0.15) is 0 Å². The molecule has 164 valence electrons. The van der Waals surface area contributed by atoms with Crippen molar-refractivity contribution in [1.29, 1.82) is 0 Å². The van der Waals surface area contributed by atoms with Crippen molar-refractivity contribution in [2.75, 3.05) is 26.6 Å². The first-order valence-corrected chi connectivity index (χ1v) is 9.75. The van der Waals surface area contributed by atoms with Gasteiger partial charge in [-0.15, -0.1) is 0 Å². The monoisotopic (exact) mass is 425 g/mol. The maximum absolute atomic E-state index is 13.2. The number of benzene rings is 2. The molecule has 1 heterocycles. The van der Waals surface area contributed by atoms with Gasteiger partial charge in [-0.25, -0.2) is 4.79 Å². The predicted octanol–water partition coefficient (Wildman–Crippen LogP) is 3.60. The number of carbonyl (C=O) groups is 2. The Kier molecular flexibility index (Phi) is 6.39. The highest BCUT2D eigenvalue weighted by Crippen LogP contribution is 2.41. The Hall–Kier alpha value is -3.68. The number of aryl methyl sites for hydroxylation is 2. The lowest BCUT2D eigenvalue weighted by Gasteiger charge is -2.29. The molecular weight excluding hydrogens is 398 g/mol. The number of hydrogen-bond acceptors (Lipinski definition) is 5. The average Bonchev–Trinajstić information content (AvgIpc) is 2.74. The van der Waals surface area contributed by atoms with Crippen LogP contribution in [0.25, 0.3) is 0 Å². The molecule has 0 saturated heterocycles. The van der Waals surface area contributed by atoms with E-state index in [1.165, 1.54) is 21.3 Å². The molecule has 0 saturated carbocycles. The van der Waals surface area contributed by atoms with E-state index >= 15 is 0 Å². The van der Waals surface area contributed by atoms with Crippen LogP contribution in [0.1, 0.15) is 29.7 Å². The highest BCUT2D eigenvalue weighted by molar-refractivity contribution is 6.06. The zero-order valence-electron chi connectivity index (χ0n) is 18.5. The molecule has 0 spiro atoms. The Morgan fingerprint density at radius 3 is 2.13 bits per heavy atom. The summed E-state index contributed by atoms with van der Waals surface area (Å²) in [5.74, 6) is 0.954. The number of ether oxygens (including phenoxy) is 3.